The van der Waals surface area contributed by atoms with E-state index in [9.17, 15) is 14.9 Å². The van der Waals surface area contributed by atoms with Gasteiger partial charge in [0, 0.05) is 12.1 Å². The summed E-state index contributed by atoms with van der Waals surface area (Å²) >= 11 is 0. The third kappa shape index (κ3) is 4.14. The lowest BCUT2D eigenvalue weighted by Gasteiger charge is -2.21. The largest absolute Gasteiger partial charge is 0.477 e. The second-order valence-electron chi connectivity index (χ2n) is 5.31. The van der Waals surface area contributed by atoms with Crippen molar-refractivity contribution in [3.8, 4) is 0 Å². The van der Waals surface area contributed by atoms with E-state index in [-0.39, 0.29) is 23.2 Å². The Kier molecular flexibility index (Phi) is 5.08. The Balaban J connectivity index is 2.20. The maximum absolute atomic E-state index is 11.0. The molecule has 1 aromatic heterocycles. The van der Waals surface area contributed by atoms with Crippen molar-refractivity contribution < 1.29 is 14.8 Å². The van der Waals surface area contributed by atoms with E-state index in [1.54, 1.807) is 0 Å². The molecule has 1 aliphatic rings. The number of hydrogen-bond donors (Lipinski definition) is 2. The molecule has 0 unspecified atom stereocenters. The number of carbonyl (C=O) groups is 1. The highest BCUT2D eigenvalue weighted by molar-refractivity contribution is 5.86. The molecule has 7 heteroatoms. The topological polar surface area (TPSA) is 105 Å². The van der Waals surface area contributed by atoms with Gasteiger partial charge >= 0.3 is 11.7 Å². The first kappa shape index (κ1) is 15.2. The van der Waals surface area contributed by atoms with E-state index < -0.39 is 10.9 Å². The Morgan fingerprint density at radius 1 is 1.24 bits per heavy atom. The second kappa shape index (κ2) is 7.01. The lowest BCUT2D eigenvalue weighted by molar-refractivity contribution is -0.384. The molecule has 1 fully saturated rings. The number of nitrogens with one attached hydrogen (secondary N) is 1. The molecule has 0 spiro atoms. The molecular weight excluding hydrogens is 274 g/mol. The summed E-state index contributed by atoms with van der Waals surface area (Å²) in [7, 11) is 0. The van der Waals surface area contributed by atoms with E-state index in [0.29, 0.717) is 0 Å². The summed E-state index contributed by atoms with van der Waals surface area (Å²) in [6.07, 6.45) is 7.58. The Hall–Kier alpha value is -2.18. The Morgan fingerprint density at radius 2 is 1.86 bits per heavy atom. The van der Waals surface area contributed by atoms with Gasteiger partial charge in [-0.3, -0.25) is 10.1 Å². The first-order valence-corrected chi connectivity index (χ1v) is 7.23. The SMILES string of the molecule is O=C(O)c1ccc([N+](=O)[O-])c(NC2CCCCCCC2)n1. The summed E-state index contributed by atoms with van der Waals surface area (Å²) in [4.78, 5) is 25.4. The van der Waals surface area contributed by atoms with Crippen LogP contribution in [0.25, 0.3) is 0 Å². The minimum atomic E-state index is -1.19. The maximum atomic E-state index is 11.0. The molecule has 0 aliphatic heterocycles. The summed E-state index contributed by atoms with van der Waals surface area (Å²) < 4.78 is 0. The van der Waals surface area contributed by atoms with E-state index in [1.165, 1.54) is 25.3 Å². The van der Waals surface area contributed by atoms with Crippen LogP contribution in [0.4, 0.5) is 11.5 Å². The van der Waals surface area contributed by atoms with Crippen LogP contribution in [0.1, 0.15) is 55.4 Å². The van der Waals surface area contributed by atoms with Crippen molar-refractivity contribution in [1.29, 1.82) is 0 Å². The third-order valence-corrected chi connectivity index (χ3v) is 3.74. The van der Waals surface area contributed by atoms with Crippen LogP contribution in [0.15, 0.2) is 12.1 Å². The van der Waals surface area contributed by atoms with Gasteiger partial charge in [-0.1, -0.05) is 32.1 Å². The fraction of sp³-hybridized carbons (Fsp3) is 0.571. The van der Waals surface area contributed by atoms with Gasteiger partial charge < -0.3 is 10.4 Å². The van der Waals surface area contributed by atoms with Gasteiger partial charge in [0.15, 0.2) is 5.69 Å². The Morgan fingerprint density at radius 3 is 2.43 bits per heavy atom. The van der Waals surface area contributed by atoms with Gasteiger partial charge in [-0.25, -0.2) is 9.78 Å². The lowest BCUT2D eigenvalue weighted by Crippen LogP contribution is -2.22. The minimum absolute atomic E-state index is 0.0606. The van der Waals surface area contributed by atoms with Crippen LogP contribution in [-0.2, 0) is 0 Å². The molecular formula is C14H19N3O4. The number of pyridine rings is 1. The molecule has 21 heavy (non-hydrogen) atoms. The van der Waals surface area contributed by atoms with Crippen molar-refractivity contribution in [2.75, 3.05) is 5.32 Å². The highest BCUT2D eigenvalue weighted by Gasteiger charge is 2.21. The molecule has 1 aromatic rings. The van der Waals surface area contributed by atoms with Crippen molar-refractivity contribution in [1.82, 2.24) is 4.98 Å². The zero-order chi connectivity index (χ0) is 15.2. The highest BCUT2D eigenvalue weighted by Crippen LogP contribution is 2.26. The van der Waals surface area contributed by atoms with Gasteiger partial charge in [0.1, 0.15) is 0 Å². The maximum Gasteiger partial charge on any atom is 0.354 e. The molecule has 2 rings (SSSR count). The zero-order valence-electron chi connectivity index (χ0n) is 11.7. The number of nitro groups is 1. The highest BCUT2D eigenvalue weighted by atomic mass is 16.6. The van der Waals surface area contributed by atoms with E-state index in [1.807, 2.05) is 0 Å². The fourth-order valence-electron chi connectivity index (χ4n) is 2.62. The lowest BCUT2D eigenvalue weighted by atomic mass is 9.97. The third-order valence-electron chi connectivity index (χ3n) is 3.74. The molecule has 0 atom stereocenters. The van der Waals surface area contributed by atoms with E-state index in [4.69, 9.17) is 5.11 Å². The number of nitrogens with zero attached hydrogens (tertiary/aromatic N) is 2. The Labute approximate surface area is 122 Å². The molecule has 0 bridgehead atoms. The van der Waals surface area contributed by atoms with Crippen LogP contribution in [0.2, 0.25) is 0 Å². The van der Waals surface area contributed by atoms with Gasteiger partial charge in [0.25, 0.3) is 0 Å². The summed E-state index contributed by atoms with van der Waals surface area (Å²) in [5, 5.41) is 23.1. The van der Waals surface area contributed by atoms with Crippen molar-refractivity contribution in [2.24, 2.45) is 0 Å². The first-order chi connectivity index (χ1) is 10.1. The number of hydrogen-bond acceptors (Lipinski definition) is 5. The smallest absolute Gasteiger partial charge is 0.354 e. The van der Waals surface area contributed by atoms with Crippen LogP contribution in [0.3, 0.4) is 0 Å². The van der Waals surface area contributed by atoms with E-state index in [0.717, 1.165) is 31.7 Å². The molecule has 0 amide bonds. The van der Waals surface area contributed by atoms with E-state index in [2.05, 4.69) is 10.3 Å². The predicted molar refractivity (Wildman–Crippen MR) is 77.6 cm³/mol. The number of rotatable bonds is 4. The van der Waals surface area contributed by atoms with Gasteiger partial charge in [0.2, 0.25) is 5.82 Å². The number of carboxylic acid groups (broad SMARTS) is 1. The summed E-state index contributed by atoms with van der Waals surface area (Å²) in [5.41, 5.74) is -0.365. The molecule has 0 aromatic carbocycles. The monoisotopic (exact) mass is 293 g/mol. The van der Waals surface area contributed by atoms with Crippen molar-refractivity contribution in [3.05, 3.63) is 27.9 Å². The molecule has 7 nitrogen and oxygen atoms in total. The average molecular weight is 293 g/mol. The molecule has 1 saturated carbocycles. The summed E-state index contributed by atoms with van der Waals surface area (Å²) in [6, 6.07) is 2.46. The molecule has 0 saturated heterocycles. The van der Waals surface area contributed by atoms with E-state index >= 15 is 0 Å². The zero-order valence-corrected chi connectivity index (χ0v) is 11.7. The summed E-state index contributed by atoms with van der Waals surface area (Å²) in [5.74, 6) is -1.13. The molecule has 0 radical (unpaired) electrons. The quantitative estimate of drug-likeness (QED) is 0.652. The number of aromatic nitrogens is 1. The van der Waals surface area contributed by atoms with Gasteiger partial charge in [-0.05, 0) is 18.9 Å². The Bertz CT molecular complexity index is 525. The van der Waals surface area contributed by atoms with Crippen LogP contribution < -0.4 is 5.32 Å². The van der Waals surface area contributed by atoms with Gasteiger partial charge in [-0.15, -0.1) is 0 Å². The molecule has 2 N–H and O–H groups in total. The minimum Gasteiger partial charge on any atom is -0.477 e. The van der Waals surface area contributed by atoms with Crippen molar-refractivity contribution in [2.45, 2.75) is 51.0 Å². The average Bonchev–Trinajstić information content (AvgIpc) is 2.41. The second-order valence-corrected chi connectivity index (χ2v) is 5.31. The van der Waals surface area contributed by atoms with Crippen LogP contribution in [0, 0.1) is 10.1 Å². The van der Waals surface area contributed by atoms with Crippen molar-refractivity contribution >= 4 is 17.5 Å². The van der Waals surface area contributed by atoms with Gasteiger partial charge in [-0.2, -0.15) is 0 Å². The van der Waals surface area contributed by atoms with Crippen LogP contribution in [-0.4, -0.2) is 27.0 Å². The summed E-state index contributed by atoms with van der Waals surface area (Å²) in [6.45, 7) is 0. The predicted octanol–water partition coefficient (Wildman–Crippen LogP) is 3.21. The van der Waals surface area contributed by atoms with Crippen LogP contribution >= 0.6 is 0 Å². The number of anilines is 1. The normalized spacial score (nSPS) is 16.8. The molecule has 1 aliphatic carbocycles. The fourth-order valence-corrected chi connectivity index (χ4v) is 2.62. The standard InChI is InChI=1S/C14H19N3O4/c18-14(19)11-8-9-12(17(20)21)13(16-11)15-10-6-4-2-1-3-5-7-10/h8-10H,1-7H2,(H,15,16)(H,18,19). The van der Waals surface area contributed by atoms with Crippen molar-refractivity contribution in [3.63, 3.8) is 0 Å². The molecule has 114 valence electrons. The molecule has 1 heterocycles. The number of aromatic carboxylic acids is 1. The first-order valence-electron chi connectivity index (χ1n) is 7.23. The van der Waals surface area contributed by atoms with Gasteiger partial charge in [0.05, 0.1) is 4.92 Å². The van der Waals surface area contributed by atoms with Crippen LogP contribution in [0.5, 0.6) is 0 Å². The number of carboxylic acids is 1.